The third-order valence-corrected chi connectivity index (χ3v) is 3.51. The third-order valence-electron chi connectivity index (χ3n) is 3.51. The first-order valence-corrected chi connectivity index (χ1v) is 7.13. The summed E-state index contributed by atoms with van der Waals surface area (Å²) in [5.41, 5.74) is 1.48. The Labute approximate surface area is 132 Å². The van der Waals surface area contributed by atoms with Crippen molar-refractivity contribution < 1.29 is 19.1 Å². The van der Waals surface area contributed by atoms with Gasteiger partial charge >= 0.3 is 11.9 Å². The van der Waals surface area contributed by atoms with Crippen molar-refractivity contribution in [3.05, 3.63) is 47.0 Å². The van der Waals surface area contributed by atoms with Gasteiger partial charge in [-0.2, -0.15) is 0 Å². The predicted molar refractivity (Wildman–Crippen MR) is 83.9 cm³/mol. The van der Waals surface area contributed by atoms with E-state index in [1.165, 1.54) is 6.92 Å². The van der Waals surface area contributed by atoms with Crippen LogP contribution in [0.25, 0.3) is 10.8 Å². The molecule has 1 N–H and O–H groups in total. The number of rotatable bonds is 2. The maximum atomic E-state index is 11.8. The van der Waals surface area contributed by atoms with Gasteiger partial charge in [0.2, 0.25) is 5.91 Å². The van der Waals surface area contributed by atoms with Crippen LogP contribution in [0.1, 0.15) is 39.6 Å². The molecule has 1 aliphatic heterocycles. The quantitative estimate of drug-likeness (QED) is 0.399. The summed E-state index contributed by atoms with van der Waals surface area (Å²) in [6.07, 6.45) is 0.517. The predicted octanol–water partition coefficient (Wildman–Crippen LogP) is 2.03. The zero-order valence-corrected chi connectivity index (χ0v) is 12.4. The van der Waals surface area contributed by atoms with Crippen molar-refractivity contribution in [2.24, 2.45) is 0 Å². The van der Waals surface area contributed by atoms with Crippen LogP contribution in [0.3, 0.4) is 0 Å². The van der Waals surface area contributed by atoms with Crippen LogP contribution in [0.4, 0.5) is 0 Å². The summed E-state index contributed by atoms with van der Waals surface area (Å²) < 4.78 is 4.72. The van der Waals surface area contributed by atoms with E-state index in [4.69, 9.17) is 4.74 Å². The molecule has 0 saturated heterocycles. The summed E-state index contributed by atoms with van der Waals surface area (Å²) in [7, 11) is 0. The van der Waals surface area contributed by atoms with E-state index >= 15 is 0 Å². The molecule has 0 spiro atoms. The Hall–Kier alpha value is -3.13. The fourth-order valence-electron chi connectivity index (χ4n) is 2.51. The normalized spacial score (nSPS) is 12.4. The van der Waals surface area contributed by atoms with Crippen LogP contribution in [-0.2, 0) is 9.53 Å². The van der Waals surface area contributed by atoms with Crippen molar-refractivity contribution in [1.29, 1.82) is 0 Å². The minimum absolute atomic E-state index is 0.0922. The highest BCUT2D eigenvalue weighted by atomic mass is 16.6. The molecule has 1 aliphatic rings. The van der Waals surface area contributed by atoms with Crippen molar-refractivity contribution in [2.75, 3.05) is 6.54 Å². The van der Waals surface area contributed by atoms with Crippen LogP contribution in [0.15, 0.2) is 30.3 Å². The van der Waals surface area contributed by atoms with Gasteiger partial charge in [-0.25, -0.2) is 9.59 Å². The topological polar surface area (TPSA) is 72.5 Å². The molecule has 0 saturated carbocycles. The molecule has 0 aliphatic carbocycles. The first-order chi connectivity index (χ1) is 11.1. The number of benzene rings is 2. The average Bonchev–Trinajstić information content (AvgIpc) is 2.52. The highest BCUT2D eigenvalue weighted by molar-refractivity contribution is 6.21. The largest absolute Gasteiger partial charge is 0.386 e. The third kappa shape index (κ3) is 2.79. The van der Waals surface area contributed by atoms with Crippen molar-refractivity contribution in [3.63, 3.8) is 0 Å². The molecular formula is C18H13NO4. The molecule has 0 atom stereocenters. The lowest BCUT2D eigenvalue weighted by Gasteiger charge is -2.15. The second-order valence-electron chi connectivity index (χ2n) is 5.10. The van der Waals surface area contributed by atoms with Crippen molar-refractivity contribution in [2.45, 2.75) is 13.3 Å². The average molecular weight is 307 g/mol. The summed E-state index contributed by atoms with van der Waals surface area (Å²) in [5.74, 6) is 4.65. The molecule has 5 nitrogen and oxygen atoms in total. The molecule has 114 valence electrons. The van der Waals surface area contributed by atoms with Gasteiger partial charge in [-0.1, -0.05) is 24.0 Å². The maximum Gasteiger partial charge on any atom is 0.346 e. The van der Waals surface area contributed by atoms with E-state index in [1.54, 1.807) is 24.3 Å². The van der Waals surface area contributed by atoms with Crippen LogP contribution >= 0.6 is 0 Å². The van der Waals surface area contributed by atoms with E-state index in [9.17, 15) is 14.4 Å². The van der Waals surface area contributed by atoms with Crippen LogP contribution in [0, 0.1) is 11.8 Å². The van der Waals surface area contributed by atoms with Gasteiger partial charge in [-0.15, -0.1) is 0 Å². The Morgan fingerprint density at radius 1 is 1.13 bits per heavy atom. The second-order valence-corrected chi connectivity index (χ2v) is 5.10. The van der Waals surface area contributed by atoms with E-state index in [0.717, 1.165) is 10.9 Å². The Morgan fingerprint density at radius 2 is 1.87 bits per heavy atom. The Kier molecular flexibility index (Phi) is 3.82. The van der Waals surface area contributed by atoms with E-state index in [0.29, 0.717) is 29.5 Å². The van der Waals surface area contributed by atoms with Gasteiger partial charge in [0.1, 0.15) is 0 Å². The van der Waals surface area contributed by atoms with E-state index < -0.39 is 11.9 Å². The number of esters is 2. The van der Waals surface area contributed by atoms with Gasteiger partial charge in [0.25, 0.3) is 0 Å². The van der Waals surface area contributed by atoms with Crippen molar-refractivity contribution in [1.82, 2.24) is 5.32 Å². The molecule has 0 aromatic heterocycles. The zero-order valence-electron chi connectivity index (χ0n) is 12.4. The lowest BCUT2D eigenvalue weighted by Crippen LogP contribution is -2.20. The number of carbonyl (C=O) groups excluding carboxylic acids is 3. The Bertz CT molecular complexity index is 882. The second kappa shape index (κ2) is 5.93. The summed E-state index contributed by atoms with van der Waals surface area (Å²) >= 11 is 0. The first kappa shape index (κ1) is 14.8. The molecule has 0 bridgehead atoms. The number of nitrogens with one attached hydrogen (secondary N) is 1. The molecule has 0 fully saturated rings. The number of hydrogen-bond acceptors (Lipinski definition) is 4. The van der Waals surface area contributed by atoms with Crippen LogP contribution in [0.5, 0.6) is 0 Å². The summed E-state index contributed by atoms with van der Waals surface area (Å²) in [4.78, 5) is 34.5. The molecule has 1 amide bonds. The molecule has 23 heavy (non-hydrogen) atoms. The van der Waals surface area contributed by atoms with Crippen LogP contribution in [0.2, 0.25) is 0 Å². The molecule has 2 aromatic carbocycles. The number of cyclic esters (lactones) is 2. The molecule has 0 radical (unpaired) electrons. The summed E-state index contributed by atoms with van der Waals surface area (Å²) in [6.45, 7) is 1.93. The zero-order chi connectivity index (χ0) is 16.4. The minimum atomic E-state index is -0.635. The number of ether oxygens (including phenoxy) is 1. The molecule has 2 aromatic rings. The van der Waals surface area contributed by atoms with E-state index in [-0.39, 0.29) is 5.91 Å². The van der Waals surface area contributed by atoms with Gasteiger partial charge in [-0.3, -0.25) is 4.79 Å². The SMILES string of the molecule is CC(=O)NCCC#Cc1ccc2c3c(cccc13)C(=O)OC2=O. The molecular weight excluding hydrogens is 294 g/mol. The smallest absolute Gasteiger partial charge is 0.346 e. The first-order valence-electron chi connectivity index (χ1n) is 7.13. The van der Waals surface area contributed by atoms with E-state index in [2.05, 4.69) is 17.2 Å². The van der Waals surface area contributed by atoms with Crippen molar-refractivity contribution >= 4 is 28.6 Å². The van der Waals surface area contributed by atoms with Gasteiger partial charge in [-0.05, 0) is 23.6 Å². The van der Waals surface area contributed by atoms with Gasteiger partial charge in [0.15, 0.2) is 0 Å². The van der Waals surface area contributed by atoms with Gasteiger partial charge in [0.05, 0.1) is 11.1 Å². The maximum absolute atomic E-state index is 11.8. The lowest BCUT2D eigenvalue weighted by molar-refractivity contribution is -0.118. The van der Waals surface area contributed by atoms with Crippen LogP contribution < -0.4 is 5.32 Å². The minimum Gasteiger partial charge on any atom is -0.386 e. The number of hydrogen-bond donors (Lipinski definition) is 1. The fraction of sp³-hybridized carbons (Fsp3) is 0.167. The highest BCUT2D eigenvalue weighted by Crippen LogP contribution is 2.30. The van der Waals surface area contributed by atoms with Crippen LogP contribution in [-0.4, -0.2) is 24.4 Å². The van der Waals surface area contributed by atoms with E-state index in [1.807, 2.05) is 6.07 Å². The van der Waals surface area contributed by atoms with Crippen molar-refractivity contribution in [3.8, 4) is 11.8 Å². The molecule has 1 heterocycles. The van der Waals surface area contributed by atoms with Gasteiger partial charge in [0, 0.05) is 30.8 Å². The standard InChI is InChI=1S/C18H13NO4/c1-11(20)19-10-3-2-5-12-8-9-15-16-13(12)6-4-7-14(16)17(21)23-18(15)22/h4,6-9H,3,10H2,1H3,(H,19,20). The molecule has 3 rings (SSSR count). The summed E-state index contributed by atoms with van der Waals surface area (Å²) in [5, 5.41) is 4.00. The fourth-order valence-corrected chi connectivity index (χ4v) is 2.51. The molecule has 5 heteroatoms. The summed E-state index contributed by atoms with van der Waals surface area (Å²) in [6, 6.07) is 8.56. The highest BCUT2D eigenvalue weighted by Gasteiger charge is 2.27. The Balaban J connectivity index is 2.00. The lowest BCUT2D eigenvalue weighted by atomic mass is 9.94. The van der Waals surface area contributed by atoms with Gasteiger partial charge < -0.3 is 10.1 Å². The molecule has 0 unspecified atom stereocenters. The Morgan fingerprint density at radius 3 is 2.61 bits per heavy atom. The monoisotopic (exact) mass is 307 g/mol. The number of amides is 1. The number of carbonyl (C=O) groups is 3.